The molecule has 3 nitrogen and oxygen atoms in total. The normalized spacial score (nSPS) is 19.0. The zero-order chi connectivity index (χ0) is 15.8. The minimum atomic E-state index is 0.0132. The van der Waals surface area contributed by atoms with Crippen LogP contribution in [0.3, 0.4) is 0 Å². The Morgan fingerprint density at radius 1 is 0.913 bits per heavy atom. The summed E-state index contributed by atoms with van der Waals surface area (Å²) in [6.07, 6.45) is 3.42. The average molecular weight is 308 g/mol. The van der Waals surface area contributed by atoms with Crippen molar-refractivity contribution in [1.82, 2.24) is 0 Å². The minimum absolute atomic E-state index is 0.0132. The summed E-state index contributed by atoms with van der Waals surface area (Å²) >= 11 is 0. The first-order chi connectivity index (χ1) is 11.3. The van der Waals surface area contributed by atoms with Crippen LogP contribution in [0.4, 0.5) is 0 Å². The van der Waals surface area contributed by atoms with Gasteiger partial charge in [0.15, 0.2) is 0 Å². The molecule has 2 aromatic rings. The average Bonchev–Trinajstić information content (AvgIpc) is 3.11. The summed E-state index contributed by atoms with van der Waals surface area (Å²) in [5.74, 6) is 2.71. The van der Waals surface area contributed by atoms with Crippen LogP contribution in [0.2, 0.25) is 0 Å². The monoisotopic (exact) mass is 308 g/mol. The van der Waals surface area contributed by atoms with Gasteiger partial charge in [-0.3, -0.25) is 0 Å². The molecule has 2 aromatic carbocycles. The number of hydrogen-bond donors (Lipinski definition) is 0. The van der Waals surface area contributed by atoms with E-state index in [2.05, 4.69) is 18.2 Å². The Labute approximate surface area is 136 Å². The standard InChI is InChI=1S/C20H20O3/c1-21-14-8-6-13(7-9-14)20-17-5-3-4-16(17)18-12-15(22-2)10-11-19(18)23-20/h6-12,20H,3-5H2,1-2H3/t20-/m1/s1. The lowest BCUT2D eigenvalue weighted by atomic mass is 9.91. The number of ether oxygens (including phenoxy) is 3. The number of benzene rings is 2. The molecule has 0 amide bonds. The molecule has 23 heavy (non-hydrogen) atoms. The van der Waals surface area contributed by atoms with Crippen molar-refractivity contribution in [3.05, 3.63) is 59.2 Å². The smallest absolute Gasteiger partial charge is 0.145 e. The molecule has 0 unspecified atom stereocenters. The molecule has 0 saturated heterocycles. The third kappa shape index (κ3) is 2.37. The summed E-state index contributed by atoms with van der Waals surface area (Å²) in [6.45, 7) is 0. The van der Waals surface area contributed by atoms with Crippen LogP contribution in [0.1, 0.15) is 36.5 Å². The van der Waals surface area contributed by atoms with Crippen molar-refractivity contribution in [3.63, 3.8) is 0 Å². The number of hydrogen-bond acceptors (Lipinski definition) is 3. The SMILES string of the molecule is COc1ccc([C@H]2Oc3ccc(OC)cc3C3=C2CCC3)cc1. The maximum absolute atomic E-state index is 6.35. The van der Waals surface area contributed by atoms with Gasteiger partial charge < -0.3 is 14.2 Å². The molecule has 0 aromatic heterocycles. The quantitative estimate of drug-likeness (QED) is 0.817. The first-order valence-corrected chi connectivity index (χ1v) is 8.01. The van der Waals surface area contributed by atoms with E-state index in [9.17, 15) is 0 Å². The molecule has 118 valence electrons. The fraction of sp³-hybridized carbons (Fsp3) is 0.300. The van der Waals surface area contributed by atoms with Crippen molar-refractivity contribution >= 4 is 5.57 Å². The zero-order valence-corrected chi connectivity index (χ0v) is 13.5. The second kappa shape index (κ2) is 5.65. The Bertz CT molecular complexity index is 759. The van der Waals surface area contributed by atoms with Gasteiger partial charge in [-0.15, -0.1) is 0 Å². The van der Waals surface area contributed by atoms with Crippen LogP contribution in [0.15, 0.2) is 48.0 Å². The van der Waals surface area contributed by atoms with E-state index < -0.39 is 0 Å². The maximum Gasteiger partial charge on any atom is 0.145 e. The van der Waals surface area contributed by atoms with E-state index >= 15 is 0 Å². The Kier molecular flexibility index (Phi) is 3.49. The summed E-state index contributed by atoms with van der Waals surface area (Å²) < 4.78 is 17.0. The predicted molar refractivity (Wildman–Crippen MR) is 90.1 cm³/mol. The van der Waals surface area contributed by atoms with Crippen molar-refractivity contribution in [2.24, 2.45) is 0 Å². The third-order valence-corrected chi connectivity index (χ3v) is 4.75. The van der Waals surface area contributed by atoms with Crippen molar-refractivity contribution < 1.29 is 14.2 Å². The predicted octanol–water partition coefficient (Wildman–Crippen LogP) is 4.78. The molecule has 1 heterocycles. The molecule has 0 saturated carbocycles. The van der Waals surface area contributed by atoms with Gasteiger partial charge in [0, 0.05) is 5.56 Å². The summed E-state index contributed by atoms with van der Waals surface area (Å²) in [6, 6.07) is 14.3. The van der Waals surface area contributed by atoms with E-state index in [0.717, 1.165) is 30.1 Å². The fourth-order valence-corrected chi connectivity index (χ4v) is 3.58. The van der Waals surface area contributed by atoms with Crippen LogP contribution in [0.25, 0.3) is 5.57 Å². The first kappa shape index (κ1) is 14.2. The molecule has 4 rings (SSSR count). The summed E-state index contributed by atoms with van der Waals surface area (Å²) in [7, 11) is 3.39. The highest BCUT2D eigenvalue weighted by atomic mass is 16.5. The molecule has 1 aliphatic carbocycles. The van der Waals surface area contributed by atoms with Gasteiger partial charge in [-0.1, -0.05) is 12.1 Å². The van der Waals surface area contributed by atoms with E-state index in [0.29, 0.717) is 0 Å². The molecule has 3 heteroatoms. The minimum Gasteiger partial charge on any atom is -0.497 e. The van der Waals surface area contributed by atoms with E-state index in [4.69, 9.17) is 14.2 Å². The van der Waals surface area contributed by atoms with Gasteiger partial charge in [0.25, 0.3) is 0 Å². The molecule has 0 N–H and O–H groups in total. The molecule has 0 spiro atoms. The second-order valence-corrected chi connectivity index (χ2v) is 5.99. The Balaban J connectivity index is 1.77. The number of rotatable bonds is 3. The lowest BCUT2D eigenvalue weighted by Gasteiger charge is -2.29. The molecular formula is C20H20O3. The maximum atomic E-state index is 6.35. The van der Waals surface area contributed by atoms with Crippen LogP contribution in [0, 0.1) is 0 Å². The van der Waals surface area contributed by atoms with Gasteiger partial charge in [-0.25, -0.2) is 0 Å². The van der Waals surface area contributed by atoms with Gasteiger partial charge in [-0.05, 0) is 66.3 Å². The van der Waals surface area contributed by atoms with E-state index in [1.54, 1.807) is 14.2 Å². The van der Waals surface area contributed by atoms with Crippen LogP contribution >= 0.6 is 0 Å². The van der Waals surface area contributed by atoms with E-state index in [1.165, 1.54) is 28.7 Å². The number of methoxy groups -OCH3 is 2. The topological polar surface area (TPSA) is 27.7 Å². The highest BCUT2D eigenvalue weighted by Crippen LogP contribution is 2.50. The molecule has 2 aliphatic rings. The van der Waals surface area contributed by atoms with Crippen LogP contribution < -0.4 is 14.2 Å². The molecule has 0 bridgehead atoms. The lowest BCUT2D eigenvalue weighted by molar-refractivity contribution is 0.234. The van der Waals surface area contributed by atoms with Gasteiger partial charge in [0.05, 0.1) is 14.2 Å². The van der Waals surface area contributed by atoms with Crippen LogP contribution in [-0.4, -0.2) is 14.2 Å². The highest BCUT2D eigenvalue weighted by molar-refractivity contribution is 5.78. The number of allylic oxidation sites excluding steroid dienone is 1. The Morgan fingerprint density at radius 2 is 1.65 bits per heavy atom. The van der Waals surface area contributed by atoms with Crippen molar-refractivity contribution in [3.8, 4) is 17.2 Å². The molecule has 0 fully saturated rings. The van der Waals surface area contributed by atoms with Crippen LogP contribution in [0.5, 0.6) is 17.2 Å². The summed E-state index contributed by atoms with van der Waals surface area (Å²) in [4.78, 5) is 0. The Morgan fingerprint density at radius 3 is 2.39 bits per heavy atom. The van der Waals surface area contributed by atoms with Crippen LogP contribution in [-0.2, 0) is 0 Å². The molecule has 0 radical (unpaired) electrons. The third-order valence-electron chi connectivity index (χ3n) is 4.75. The summed E-state index contributed by atoms with van der Waals surface area (Å²) in [5, 5.41) is 0. The summed E-state index contributed by atoms with van der Waals surface area (Å²) in [5.41, 5.74) is 5.23. The van der Waals surface area contributed by atoms with Crippen molar-refractivity contribution in [2.45, 2.75) is 25.4 Å². The molecule has 1 atom stereocenters. The fourth-order valence-electron chi connectivity index (χ4n) is 3.58. The zero-order valence-electron chi connectivity index (χ0n) is 13.5. The van der Waals surface area contributed by atoms with E-state index in [-0.39, 0.29) is 6.10 Å². The molecule has 1 aliphatic heterocycles. The Hall–Kier alpha value is -2.42. The van der Waals surface area contributed by atoms with Gasteiger partial charge in [-0.2, -0.15) is 0 Å². The van der Waals surface area contributed by atoms with Gasteiger partial charge in [0.2, 0.25) is 0 Å². The first-order valence-electron chi connectivity index (χ1n) is 8.01. The lowest BCUT2D eigenvalue weighted by Crippen LogP contribution is -2.15. The van der Waals surface area contributed by atoms with Crippen molar-refractivity contribution in [2.75, 3.05) is 14.2 Å². The largest absolute Gasteiger partial charge is 0.497 e. The second-order valence-electron chi connectivity index (χ2n) is 5.99. The van der Waals surface area contributed by atoms with E-state index in [1.807, 2.05) is 24.3 Å². The van der Waals surface area contributed by atoms with Gasteiger partial charge >= 0.3 is 0 Å². The molecular weight excluding hydrogens is 288 g/mol. The number of fused-ring (bicyclic) bond motifs is 2. The van der Waals surface area contributed by atoms with Crippen molar-refractivity contribution in [1.29, 1.82) is 0 Å². The van der Waals surface area contributed by atoms with Gasteiger partial charge in [0.1, 0.15) is 23.4 Å². The highest BCUT2D eigenvalue weighted by Gasteiger charge is 2.32.